The molecule has 0 aliphatic heterocycles. The lowest BCUT2D eigenvalue weighted by atomic mass is 9.48. The molecule has 3 aromatic carbocycles. The molecular formula is C34H35Cl2N3O4. The Labute approximate surface area is 261 Å². The lowest BCUT2D eigenvalue weighted by Gasteiger charge is -2.57. The third kappa shape index (κ3) is 6.68. The van der Waals surface area contributed by atoms with Crippen molar-refractivity contribution in [2.75, 3.05) is 18.5 Å². The van der Waals surface area contributed by atoms with Crippen molar-refractivity contribution >= 4 is 46.9 Å². The highest BCUT2D eigenvalue weighted by molar-refractivity contribution is 6.36. The molecule has 0 radical (unpaired) electrons. The molecule has 43 heavy (non-hydrogen) atoms. The minimum atomic E-state index is -0.462. The average molecular weight is 621 g/mol. The summed E-state index contributed by atoms with van der Waals surface area (Å²) in [5, 5.41) is 7.64. The second-order valence-electron chi connectivity index (χ2n) is 12.1. The largest absolute Gasteiger partial charge is 0.490 e. The first-order chi connectivity index (χ1) is 20.8. The van der Waals surface area contributed by atoms with Crippen molar-refractivity contribution in [1.29, 1.82) is 0 Å². The van der Waals surface area contributed by atoms with Crippen LogP contribution in [0.5, 0.6) is 11.5 Å². The van der Waals surface area contributed by atoms with Crippen molar-refractivity contribution in [3.63, 3.8) is 0 Å². The van der Waals surface area contributed by atoms with E-state index in [-0.39, 0.29) is 23.1 Å². The van der Waals surface area contributed by atoms with Crippen LogP contribution in [0, 0.1) is 17.8 Å². The fraction of sp³-hybridized carbons (Fsp3) is 0.382. The van der Waals surface area contributed by atoms with Crippen molar-refractivity contribution in [2.24, 2.45) is 22.9 Å². The van der Waals surface area contributed by atoms with Gasteiger partial charge in [-0.2, -0.15) is 5.10 Å². The summed E-state index contributed by atoms with van der Waals surface area (Å²) in [6, 6.07) is 18.3. The second-order valence-corrected chi connectivity index (χ2v) is 12.9. The van der Waals surface area contributed by atoms with Crippen LogP contribution in [-0.4, -0.2) is 31.2 Å². The molecule has 2 amide bonds. The van der Waals surface area contributed by atoms with E-state index in [9.17, 15) is 9.59 Å². The Bertz CT molecular complexity index is 1500. The lowest BCUT2D eigenvalue weighted by molar-refractivity contribution is -0.118. The summed E-state index contributed by atoms with van der Waals surface area (Å²) in [5.41, 5.74) is 5.91. The monoisotopic (exact) mass is 619 g/mol. The molecule has 4 saturated carbocycles. The number of hydrazone groups is 1. The van der Waals surface area contributed by atoms with Gasteiger partial charge in [-0.05, 0) is 128 Å². The van der Waals surface area contributed by atoms with E-state index in [1.807, 2.05) is 19.1 Å². The van der Waals surface area contributed by atoms with Crippen LogP contribution in [-0.2, 0) is 10.2 Å². The zero-order valence-corrected chi connectivity index (χ0v) is 25.6. The highest BCUT2D eigenvalue weighted by Crippen LogP contribution is 2.60. The fourth-order valence-corrected chi connectivity index (χ4v) is 8.10. The van der Waals surface area contributed by atoms with Crippen LogP contribution in [0.3, 0.4) is 0 Å². The second kappa shape index (κ2) is 12.6. The number of halogens is 2. The predicted molar refractivity (Wildman–Crippen MR) is 170 cm³/mol. The first-order valence-electron chi connectivity index (χ1n) is 14.9. The molecule has 0 saturated heterocycles. The molecule has 0 atom stereocenters. The number of rotatable bonds is 10. The molecule has 0 aromatic heterocycles. The van der Waals surface area contributed by atoms with Crippen LogP contribution in [0.2, 0.25) is 10.0 Å². The molecule has 4 fully saturated rings. The molecule has 0 heterocycles. The molecule has 3 aromatic rings. The average Bonchev–Trinajstić information content (AvgIpc) is 2.96. The van der Waals surface area contributed by atoms with E-state index in [0.717, 1.165) is 23.4 Å². The Balaban J connectivity index is 1.03. The molecule has 9 heteroatoms. The van der Waals surface area contributed by atoms with Crippen LogP contribution in [0.15, 0.2) is 65.8 Å². The van der Waals surface area contributed by atoms with Gasteiger partial charge in [0.05, 0.1) is 23.4 Å². The van der Waals surface area contributed by atoms with Crippen molar-refractivity contribution in [1.82, 2.24) is 5.43 Å². The van der Waals surface area contributed by atoms with Crippen molar-refractivity contribution in [3.8, 4) is 11.5 Å². The smallest absolute Gasteiger partial charge is 0.272 e. The number of benzene rings is 3. The normalized spacial score (nSPS) is 23.7. The highest BCUT2D eigenvalue weighted by atomic mass is 35.5. The van der Waals surface area contributed by atoms with Gasteiger partial charge in [-0.1, -0.05) is 35.3 Å². The van der Waals surface area contributed by atoms with Gasteiger partial charge in [-0.3, -0.25) is 9.59 Å². The summed E-state index contributed by atoms with van der Waals surface area (Å²) >= 11 is 12.0. The van der Waals surface area contributed by atoms with Crippen LogP contribution in [0.1, 0.15) is 66.9 Å². The van der Waals surface area contributed by atoms with E-state index in [1.54, 1.807) is 24.3 Å². The first-order valence-corrected chi connectivity index (χ1v) is 15.6. The van der Waals surface area contributed by atoms with Gasteiger partial charge >= 0.3 is 0 Å². The lowest BCUT2D eigenvalue weighted by Crippen LogP contribution is -2.48. The quantitative estimate of drug-likeness (QED) is 0.180. The topological polar surface area (TPSA) is 89.0 Å². The van der Waals surface area contributed by atoms with E-state index in [1.165, 1.54) is 62.4 Å². The SMILES string of the molecule is CCOc1cc(/C=N\NC(=O)c2ccc(Cl)cc2Cl)ccc1OCC(=O)Nc1ccc(C23CC4CC(CC(C4)C2)C3)cc1. The number of carbonyl (C=O) groups excluding carboxylic acids is 2. The molecular weight excluding hydrogens is 585 g/mol. The molecule has 4 aliphatic carbocycles. The first kappa shape index (κ1) is 29.5. The Morgan fingerprint density at radius 2 is 1.60 bits per heavy atom. The summed E-state index contributed by atoms with van der Waals surface area (Å²) in [7, 11) is 0. The van der Waals surface area contributed by atoms with Crippen LogP contribution in [0.25, 0.3) is 0 Å². The van der Waals surface area contributed by atoms with Gasteiger partial charge in [-0.15, -0.1) is 0 Å². The Morgan fingerprint density at radius 3 is 2.26 bits per heavy atom. The van der Waals surface area contributed by atoms with Crippen molar-refractivity contribution in [2.45, 2.75) is 50.9 Å². The number of anilines is 1. The molecule has 2 N–H and O–H groups in total. The van der Waals surface area contributed by atoms with Gasteiger partial charge in [0, 0.05) is 10.7 Å². The maximum absolute atomic E-state index is 12.7. The Kier molecular flexibility index (Phi) is 8.64. The van der Waals surface area contributed by atoms with E-state index in [2.05, 4.69) is 28.0 Å². The number of carbonyl (C=O) groups is 2. The van der Waals surface area contributed by atoms with Crippen LogP contribution < -0.4 is 20.2 Å². The van der Waals surface area contributed by atoms with Gasteiger partial charge in [0.25, 0.3) is 11.8 Å². The molecule has 4 aliphatic rings. The zero-order chi connectivity index (χ0) is 30.0. The van der Waals surface area contributed by atoms with E-state index >= 15 is 0 Å². The summed E-state index contributed by atoms with van der Waals surface area (Å²) in [6.45, 7) is 2.10. The van der Waals surface area contributed by atoms with E-state index in [4.69, 9.17) is 32.7 Å². The van der Waals surface area contributed by atoms with Gasteiger partial charge in [0.2, 0.25) is 0 Å². The maximum Gasteiger partial charge on any atom is 0.272 e. The molecule has 0 spiro atoms. The van der Waals surface area contributed by atoms with E-state index < -0.39 is 5.91 Å². The third-order valence-electron chi connectivity index (χ3n) is 9.00. The number of hydrogen-bond acceptors (Lipinski definition) is 5. The molecule has 7 nitrogen and oxygen atoms in total. The van der Waals surface area contributed by atoms with Gasteiger partial charge in [0.1, 0.15) is 0 Å². The fourth-order valence-electron chi connectivity index (χ4n) is 7.60. The number of nitrogens with zero attached hydrogens (tertiary/aromatic N) is 1. The summed E-state index contributed by atoms with van der Waals surface area (Å²) in [5.74, 6) is 2.87. The number of nitrogens with one attached hydrogen (secondary N) is 2. The van der Waals surface area contributed by atoms with E-state index in [0.29, 0.717) is 34.1 Å². The number of ether oxygens (including phenoxy) is 2. The zero-order valence-electron chi connectivity index (χ0n) is 24.1. The number of hydrogen-bond donors (Lipinski definition) is 2. The third-order valence-corrected chi connectivity index (χ3v) is 9.55. The molecule has 0 unspecified atom stereocenters. The minimum absolute atomic E-state index is 0.165. The number of amides is 2. The summed E-state index contributed by atoms with van der Waals surface area (Å²) in [4.78, 5) is 25.1. The molecule has 7 rings (SSSR count). The summed E-state index contributed by atoms with van der Waals surface area (Å²) in [6.07, 6.45) is 9.71. The standard InChI is InChI=1S/C34H35Cl2N3O4/c1-2-42-31-14-21(19-37-39-33(41)28-9-6-26(35)15-29(28)36)3-10-30(31)43-20-32(40)38-27-7-4-25(5-8-27)34-16-22-11-23(17-34)13-24(12-22)18-34/h3-10,14-15,19,22-24H,2,11-13,16-18,20H2,1H3,(H,38,40)(H,39,41)/b37-19-. The van der Waals surface area contributed by atoms with Crippen molar-refractivity contribution in [3.05, 3.63) is 87.4 Å². The van der Waals surface area contributed by atoms with Crippen LogP contribution >= 0.6 is 23.2 Å². The Morgan fingerprint density at radius 1 is 0.907 bits per heavy atom. The summed E-state index contributed by atoms with van der Waals surface area (Å²) < 4.78 is 11.5. The van der Waals surface area contributed by atoms with Gasteiger partial charge in [0.15, 0.2) is 18.1 Å². The highest BCUT2D eigenvalue weighted by Gasteiger charge is 2.51. The minimum Gasteiger partial charge on any atom is -0.490 e. The van der Waals surface area contributed by atoms with Gasteiger partial charge in [-0.25, -0.2) is 5.43 Å². The molecule has 224 valence electrons. The van der Waals surface area contributed by atoms with Gasteiger partial charge < -0.3 is 14.8 Å². The maximum atomic E-state index is 12.7. The van der Waals surface area contributed by atoms with Crippen molar-refractivity contribution < 1.29 is 19.1 Å². The Hall–Kier alpha value is -3.55. The van der Waals surface area contributed by atoms with Crippen LogP contribution in [0.4, 0.5) is 5.69 Å². The predicted octanol–water partition coefficient (Wildman–Crippen LogP) is 7.64. The molecule has 4 bridgehead atoms.